The number of benzene rings is 1. The number of halogens is 1. The first-order valence-electron chi connectivity index (χ1n) is 8.75. The molecule has 1 fully saturated rings. The Balaban J connectivity index is 1.74. The molecule has 1 N–H and O–H groups in total. The first kappa shape index (κ1) is 20.2. The van der Waals surface area contributed by atoms with Crippen molar-refractivity contribution >= 4 is 23.6 Å². The number of esters is 1. The molecule has 1 aromatic rings. The number of nitrogens with zero attached hydrogens (tertiary/aromatic N) is 1. The van der Waals surface area contributed by atoms with E-state index < -0.39 is 23.5 Å². The Morgan fingerprint density at radius 2 is 1.96 bits per heavy atom. The quantitative estimate of drug-likeness (QED) is 0.579. The number of hydrogen-bond donors (Lipinski definition) is 1. The lowest BCUT2D eigenvalue weighted by Gasteiger charge is -2.32. The molecule has 1 unspecified atom stereocenters. The molecule has 0 aliphatic heterocycles. The lowest BCUT2D eigenvalue weighted by Crippen LogP contribution is -2.52. The van der Waals surface area contributed by atoms with E-state index in [1.807, 2.05) is 0 Å². The third kappa shape index (κ3) is 6.03. The van der Waals surface area contributed by atoms with Crippen molar-refractivity contribution in [1.29, 1.82) is 5.26 Å². The summed E-state index contributed by atoms with van der Waals surface area (Å²) >= 11 is 1.41. The zero-order valence-corrected chi connectivity index (χ0v) is 15.6. The summed E-state index contributed by atoms with van der Waals surface area (Å²) in [6.07, 6.45) is 3.34. The Bertz CT molecular complexity index is 666. The number of nitrogens with one attached hydrogen (secondary N) is 1. The Hall–Kier alpha value is -2.07. The monoisotopic (exact) mass is 378 g/mol. The van der Waals surface area contributed by atoms with Gasteiger partial charge in [0, 0.05) is 10.6 Å². The van der Waals surface area contributed by atoms with E-state index in [0.29, 0.717) is 18.6 Å². The van der Waals surface area contributed by atoms with Crippen molar-refractivity contribution in [2.24, 2.45) is 0 Å². The minimum atomic E-state index is -0.939. The van der Waals surface area contributed by atoms with Crippen LogP contribution in [0.5, 0.6) is 0 Å². The van der Waals surface area contributed by atoms with Crippen LogP contribution in [0.4, 0.5) is 4.39 Å². The molecule has 1 amide bonds. The lowest BCUT2D eigenvalue weighted by atomic mass is 9.83. The van der Waals surface area contributed by atoms with E-state index in [4.69, 9.17) is 4.74 Å². The van der Waals surface area contributed by atoms with Gasteiger partial charge in [0.2, 0.25) is 0 Å². The highest BCUT2D eigenvalue weighted by Gasteiger charge is 2.35. The van der Waals surface area contributed by atoms with Crippen molar-refractivity contribution in [2.45, 2.75) is 62.0 Å². The van der Waals surface area contributed by atoms with Gasteiger partial charge in [0.1, 0.15) is 11.4 Å². The van der Waals surface area contributed by atoms with Gasteiger partial charge in [-0.15, -0.1) is 11.8 Å². The highest BCUT2D eigenvalue weighted by Crippen LogP contribution is 2.27. The van der Waals surface area contributed by atoms with Crippen LogP contribution >= 0.6 is 11.8 Å². The molecular weight excluding hydrogens is 355 g/mol. The summed E-state index contributed by atoms with van der Waals surface area (Å²) in [5.74, 6) is -0.743. The summed E-state index contributed by atoms with van der Waals surface area (Å²) in [5, 5.41) is 12.2. The summed E-state index contributed by atoms with van der Waals surface area (Å²) in [4.78, 5) is 25.0. The van der Waals surface area contributed by atoms with E-state index in [2.05, 4.69) is 11.4 Å². The highest BCUT2D eigenvalue weighted by molar-refractivity contribution is 7.99. The number of ether oxygens (including phenoxy) is 1. The number of nitriles is 1. The van der Waals surface area contributed by atoms with Crippen molar-refractivity contribution < 1.29 is 18.7 Å². The van der Waals surface area contributed by atoms with Crippen LogP contribution in [0.25, 0.3) is 0 Å². The third-order valence-electron chi connectivity index (χ3n) is 4.35. The molecule has 26 heavy (non-hydrogen) atoms. The first-order chi connectivity index (χ1) is 12.4. The molecule has 140 valence electrons. The smallest absolute Gasteiger partial charge is 0.307 e. The van der Waals surface area contributed by atoms with Crippen LogP contribution in [0.15, 0.2) is 29.2 Å². The van der Waals surface area contributed by atoms with Crippen molar-refractivity contribution in [1.82, 2.24) is 5.32 Å². The van der Waals surface area contributed by atoms with Crippen molar-refractivity contribution in [3.8, 4) is 6.07 Å². The average Bonchev–Trinajstić information content (AvgIpc) is 2.64. The van der Waals surface area contributed by atoms with Crippen LogP contribution in [0.3, 0.4) is 0 Å². The van der Waals surface area contributed by atoms with Gasteiger partial charge < -0.3 is 10.1 Å². The maximum Gasteiger partial charge on any atom is 0.307 e. The van der Waals surface area contributed by atoms with Crippen molar-refractivity contribution in [3.05, 3.63) is 30.1 Å². The maximum absolute atomic E-state index is 12.8. The fourth-order valence-electron chi connectivity index (χ4n) is 2.85. The summed E-state index contributed by atoms with van der Waals surface area (Å²) in [6, 6.07) is 8.23. The minimum absolute atomic E-state index is 0.142. The highest BCUT2D eigenvalue weighted by atomic mass is 32.2. The molecule has 0 radical (unpaired) electrons. The Kier molecular flexibility index (Phi) is 7.46. The molecule has 0 heterocycles. The first-order valence-corrected chi connectivity index (χ1v) is 9.74. The predicted octanol–water partition coefficient (Wildman–Crippen LogP) is 3.58. The molecule has 1 aromatic carbocycles. The Morgan fingerprint density at radius 1 is 1.31 bits per heavy atom. The van der Waals surface area contributed by atoms with Crippen molar-refractivity contribution in [3.63, 3.8) is 0 Å². The molecule has 1 aliphatic rings. The molecule has 0 spiro atoms. The van der Waals surface area contributed by atoms with Gasteiger partial charge in [0.25, 0.3) is 5.91 Å². The maximum atomic E-state index is 12.8. The van der Waals surface area contributed by atoms with Gasteiger partial charge in [-0.25, -0.2) is 4.39 Å². The van der Waals surface area contributed by atoms with Crippen LogP contribution in [0.1, 0.15) is 45.4 Å². The lowest BCUT2D eigenvalue weighted by molar-refractivity contribution is -0.155. The number of thioether (sulfide) groups is 1. The molecule has 7 heteroatoms. The minimum Gasteiger partial charge on any atom is -0.453 e. The second kappa shape index (κ2) is 9.58. The molecule has 2 rings (SSSR count). The van der Waals surface area contributed by atoms with E-state index >= 15 is 0 Å². The summed E-state index contributed by atoms with van der Waals surface area (Å²) < 4.78 is 18.0. The average molecular weight is 378 g/mol. The van der Waals surface area contributed by atoms with Gasteiger partial charge in [-0.3, -0.25) is 9.59 Å². The Labute approximate surface area is 157 Å². The standard InChI is InChI=1S/C19H23FN2O3S/c1-14(18(24)22-19(13-21)10-3-2-4-11-19)25-17(23)9-12-26-16-7-5-15(20)6-8-16/h5-8,14H,2-4,9-12H2,1H3,(H,22,24). The molecule has 0 bridgehead atoms. The van der Waals surface area contributed by atoms with Crippen LogP contribution in [-0.2, 0) is 14.3 Å². The molecule has 5 nitrogen and oxygen atoms in total. The van der Waals surface area contributed by atoms with Crippen LogP contribution < -0.4 is 5.32 Å². The van der Waals surface area contributed by atoms with Gasteiger partial charge in [-0.2, -0.15) is 5.26 Å². The van der Waals surface area contributed by atoms with E-state index in [1.165, 1.54) is 30.8 Å². The predicted molar refractivity (Wildman–Crippen MR) is 96.9 cm³/mol. The molecule has 0 saturated heterocycles. The zero-order chi connectivity index (χ0) is 19.0. The number of hydrogen-bond acceptors (Lipinski definition) is 5. The summed E-state index contributed by atoms with van der Waals surface area (Å²) in [7, 11) is 0. The van der Waals surface area contributed by atoms with Crippen LogP contribution in [0, 0.1) is 17.1 Å². The normalized spacial score (nSPS) is 17.0. The second-order valence-electron chi connectivity index (χ2n) is 6.43. The van der Waals surface area contributed by atoms with Gasteiger partial charge in [0.15, 0.2) is 6.10 Å². The third-order valence-corrected chi connectivity index (χ3v) is 5.36. The SMILES string of the molecule is CC(OC(=O)CCSc1ccc(F)cc1)C(=O)NC1(C#N)CCCCC1. The molecule has 1 atom stereocenters. The van der Waals surface area contributed by atoms with E-state index in [0.717, 1.165) is 24.2 Å². The molecule has 1 aliphatic carbocycles. The second-order valence-corrected chi connectivity index (χ2v) is 7.60. The summed E-state index contributed by atoms with van der Waals surface area (Å²) in [5.41, 5.74) is -0.839. The largest absolute Gasteiger partial charge is 0.453 e. The fourth-order valence-corrected chi connectivity index (χ4v) is 3.68. The van der Waals surface area contributed by atoms with E-state index in [9.17, 15) is 19.2 Å². The topological polar surface area (TPSA) is 79.2 Å². The number of carbonyl (C=O) groups excluding carboxylic acids is 2. The molecule has 0 aromatic heterocycles. The van der Waals surface area contributed by atoms with Crippen LogP contribution in [0.2, 0.25) is 0 Å². The van der Waals surface area contributed by atoms with E-state index in [-0.39, 0.29) is 12.2 Å². The number of carbonyl (C=O) groups is 2. The molecular formula is C19H23FN2O3S. The molecule has 1 saturated carbocycles. The van der Waals surface area contributed by atoms with Gasteiger partial charge in [0.05, 0.1) is 12.5 Å². The number of amides is 1. The van der Waals surface area contributed by atoms with E-state index in [1.54, 1.807) is 12.1 Å². The fraction of sp³-hybridized carbons (Fsp3) is 0.526. The number of rotatable bonds is 7. The van der Waals surface area contributed by atoms with Crippen LogP contribution in [-0.4, -0.2) is 29.3 Å². The van der Waals surface area contributed by atoms with Gasteiger partial charge in [-0.1, -0.05) is 19.3 Å². The van der Waals surface area contributed by atoms with Gasteiger partial charge >= 0.3 is 5.97 Å². The summed E-state index contributed by atoms with van der Waals surface area (Å²) in [6.45, 7) is 1.51. The zero-order valence-electron chi connectivity index (χ0n) is 14.8. The van der Waals surface area contributed by atoms with Gasteiger partial charge in [-0.05, 0) is 44.0 Å². The van der Waals surface area contributed by atoms with Crippen molar-refractivity contribution in [2.75, 3.05) is 5.75 Å². The Morgan fingerprint density at radius 3 is 2.58 bits per heavy atom.